The van der Waals surface area contributed by atoms with E-state index in [1.165, 1.54) is 0 Å². The third-order valence-electron chi connectivity index (χ3n) is 4.14. The maximum atomic E-state index is 11.7. The first-order valence-electron chi connectivity index (χ1n) is 5.66. The minimum atomic E-state index is 0.00405. The van der Waals surface area contributed by atoms with Crippen molar-refractivity contribution in [2.75, 3.05) is 13.2 Å². The van der Waals surface area contributed by atoms with Gasteiger partial charge in [-0.05, 0) is 25.7 Å². The highest BCUT2D eigenvalue weighted by Crippen LogP contribution is 2.44. The smallest absolute Gasteiger partial charge is 0.223 e. The van der Waals surface area contributed by atoms with Crippen LogP contribution in [0.1, 0.15) is 39.0 Å². The molecule has 2 atom stereocenters. The Morgan fingerprint density at radius 1 is 1.64 bits per heavy atom. The molecule has 0 aromatic heterocycles. The topological polar surface area (TPSA) is 40.5 Å². The van der Waals surface area contributed by atoms with Gasteiger partial charge in [-0.2, -0.15) is 0 Å². The first-order chi connectivity index (χ1) is 6.74. The first kappa shape index (κ1) is 9.97. The highest BCUT2D eigenvalue weighted by atomic mass is 16.3. The predicted molar refractivity (Wildman–Crippen MR) is 53.8 cm³/mol. The van der Waals surface area contributed by atoms with Crippen LogP contribution in [0.2, 0.25) is 0 Å². The highest BCUT2D eigenvalue weighted by Gasteiger charge is 2.50. The lowest BCUT2D eigenvalue weighted by atomic mass is 9.75. The number of carbonyl (C=O) groups excluding carboxylic acids is 1. The van der Waals surface area contributed by atoms with Crippen LogP contribution in [0.15, 0.2) is 0 Å². The molecule has 3 heteroatoms. The third kappa shape index (κ3) is 1.18. The summed E-state index contributed by atoms with van der Waals surface area (Å²) in [5.41, 5.74) is 0.00405. The van der Waals surface area contributed by atoms with E-state index in [-0.39, 0.29) is 12.1 Å². The second-order valence-corrected chi connectivity index (χ2v) is 4.52. The lowest BCUT2D eigenvalue weighted by Gasteiger charge is -2.47. The second-order valence-electron chi connectivity index (χ2n) is 4.52. The molecule has 3 nitrogen and oxygen atoms in total. The SMILES string of the molecule is CC[C@@]12CCC(=O)N1CCC[C@H]2CO. The molecular formula is C11H19NO2. The molecule has 0 aliphatic carbocycles. The van der Waals surface area contributed by atoms with E-state index in [9.17, 15) is 9.90 Å². The molecule has 2 aliphatic heterocycles. The average molecular weight is 197 g/mol. The molecule has 2 heterocycles. The number of fused-ring (bicyclic) bond motifs is 1. The van der Waals surface area contributed by atoms with Gasteiger partial charge >= 0.3 is 0 Å². The van der Waals surface area contributed by atoms with E-state index in [4.69, 9.17) is 0 Å². The van der Waals surface area contributed by atoms with Crippen molar-refractivity contribution in [2.45, 2.75) is 44.6 Å². The lowest BCUT2D eigenvalue weighted by molar-refractivity contribution is -0.135. The lowest BCUT2D eigenvalue weighted by Crippen LogP contribution is -2.55. The van der Waals surface area contributed by atoms with Gasteiger partial charge in [0.15, 0.2) is 0 Å². The molecule has 1 amide bonds. The van der Waals surface area contributed by atoms with E-state index in [1.54, 1.807) is 0 Å². The monoisotopic (exact) mass is 197 g/mol. The van der Waals surface area contributed by atoms with E-state index in [0.717, 1.165) is 32.2 Å². The number of hydrogen-bond acceptors (Lipinski definition) is 2. The van der Waals surface area contributed by atoms with Gasteiger partial charge in [0.25, 0.3) is 0 Å². The maximum Gasteiger partial charge on any atom is 0.223 e. The molecular weight excluding hydrogens is 178 g/mol. The Bertz CT molecular complexity index is 241. The highest BCUT2D eigenvalue weighted by molar-refractivity contribution is 5.80. The number of amides is 1. The maximum absolute atomic E-state index is 11.7. The number of hydrogen-bond donors (Lipinski definition) is 1. The normalized spacial score (nSPS) is 37.4. The van der Waals surface area contributed by atoms with Gasteiger partial charge in [-0.15, -0.1) is 0 Å². The van der Waals surface area contributed by atoms with Crippen LogP contribution in [0, 0.1) is 5.92 Å². The fourth-order valence-electron chi connectivity index (χ4n) is 3.30. The Labute approximate surface area is 85.1 Å². The number of carbonyl (C=O) groups is 1. The minimum Gasteiger partial charge on any atom is -0.396 e. The van der Waals surface area contributed by atoms with Crippen LogP contribution >= 0.6 is 0 Å². The summed E-state index contributed by atoms with van der Waals surface area (Å²) in [4.78, 5) is 13.7. The summed E-state index contributed by atoms with van der Waals surface area (Å²) in [6, 6.07) is 0. The Hall–Kier alpha value is -0.570. The summed E-state index contributed by atoms with van der Waals surface area (Å²) in [6.07, 6.45) is 4.76. The van der Waals surface area contributed by atoms with Crippen molar-refractivity contribution in [2.24, 2.45) is 5.92 Å². The van der Waals surface area contributed by atoms with Crippen molar-refractivity contribution < 1.29 is 9.90 Å². The van der Waals surface area contributed by atoms with Gasteiger partial charge in [0.1, 0.15) is 0 Å². The summed E-state index contributed by atoms with van der Waals surface area (Å²) < 4.78 is 0. The third-order valence-corrected chi connectivity index (χ3v) is 4.14. The Balaban J connectivity index is 2.28. The molecule has 0 bridgehead atoms. The van der Waals surface area contributed by atoms with Gasteiger partial charge in [0.2, 0.25) is 5.91 Å². The van der Waals surface area contributed by atoms with E-state index in [2.05, 4.69) is 6.92 Å². The van der Waals surface area contributed by atoms with Crippen LogP contribution in [0.25, 0.3) is 0 Å². The van der Waals surface area contributed by atoms with Crippen LogP contribution in [-0.4, -0.2) is 34.6 Å². The van der Waals surface area contributed by atoms with E-state index >= 15 is 0 Å². The molecule has 0 unspecified atom stereocenters. The van der Waals surface area contributed by atoms with Crippen LogP contribution in [0.4, 0.5) is 0 Å². The number of nitrogens with zero attached hydrogens (tertiary/aromatic N) is 1. The van der Waals surface area contributed by atoms with Crippen molar-refractivity contribution >= 4 is 5.91 Å². The average Bonchev–Trinajstić information content (AvgIpc) is 2.57. The standard InChI is InChI=1S/C11H19NO2/c1-2-11-6-5-10(14)12(11)7-3-4-9(11)8-13/h9,13H,2-8H2,1H3/t9-,11-/m0/s1. The van der Waals surface area contributed by atoms with Gasteiger partial charge in [-0.25, -0.2) is 0 Å². The fourth-order valence-corrected chi connectivity index (χ4v) is 3.30. The summed E-state index contributed by atoms with van der Waals surface area (Å²) in [5.74, 6) is 0.609. The number of aliphatic hydroxyl groups excluding tert-OH is 1. The molecule has 0 aromatic carbocycles. The van der Waals surface area contributed by atoms with Crippen molar-refractivity contribution in [3.63, 3.8) is 0 Å². The molecule has 2 fully saturated rings. The zero-order valence-electron chi connectivity index (χ0n) is 8.83. The summed E-state index contributed by atoms with van der Waals surface area (Å²) >= 11 is 0. The van der Waals surface area contributed by atoms with Gasteiger partial charge in [-0.3, -0.25) is 4.79 Å². The predicted octanol–water partition coefficient (Wildman–Crippen LogP) is 1.16. The number of aliphatic hydroxyl groups is 1. The zero-order valence-corrected chi connectivity index (χ0v) is 8.83. The molecule has 14 heavy (non-hydrogen) atoms. The molecule has 0 radical (unpaired) electrons. The van der Waals surface area contributed by atoms with Gasteiger partial charge in [0, 0.05) is 31.0 Å². The van der Waals surface area contributed by atoms with E-state index in [0.29, 0.717) is 18.2 Å². The summed E-state index contributed by atoms with van der Waals surface area (Å²) in [5, 5.41) is 9.38. The van der Waals surface area contributed by atoms with Crippen molar-refractivity contribution in [3.05, 3.63) is 0 Å². The number of piperidine rings is 1. The second kappa shape index (κ2) is 3.54. The zero-order chi connectivity index (χ0) is 10.2. The molecule has 2 saturated heterocycles. The molecule has 0 saturated carbocycles. The Morgan fingerprint density at radius 3 is 3.07 bits per heavy atom. The minimum absolute atomic E-state index is 0.00405. The quantitative estimate of drug-likeness (QED) is 0.721. The molecule has 80 valence electrons. The van der Waals surface area contributed by atoms with Crippen LogP contribution in [-0.2, 0) is 4.79 Å². The van der Waals surface area contributed by atoms with Crippen LogP contribution < -0.4 is 0 Å². The Kier molecular flexibility index (Phi) is 2.52. The molecule has 1 N–H and O–H groups in total. The van der Waals surface area contributed by atoms with Crippen LogP contribution in [0.5, 0.6) is 0 Å². The largest absolute Gasteiger partial charge is 0.396 e. The molecule has 0 aromatic rings. The van der Waals surface area contributed by atoms with Crippen molar-refractivity contribution in [3.8, 4) is 0 Å². The van der Waals surface area contributed by atoms with E-state index < -0.39 is 0 Å². The van der Waals surface area contributed by atoms with Gasteiger partial charge in [0.05, 0.1) is 0 Å². The first-order valence-corrected chi connectivity index (χ1v) is 5.66. The fraction of sp³-hybridized carbons (Fsp3) is 0.909. The molecule has 2 aliphatic rings. The van der Waals surface area contributed by atoms with E-state index in [1.807, 2.05) is 4.90 Å². The summed E-state index contributed by atoms with van der Waals surface area (Å²) in [7, 11) is 0. The molecule has 2 rings (SSSR count). The van der Waals surface area contributed by atoms with Gasteiger partial charge in [-0.1, -0.05) is 6.92 Å². The molecule has 0 spiro atoms. The van der Waals surface area contributed by atoms with Crippen molar-refractivity contribution in [1.29, 1.82) is 0 Å². The van der Waals surface area contributed by atoms with Gasteiger partial charge < -0.3 is 10.0 Å². The summed E-state index contributed by atoms with van der Waals surface area (Å²) in [6.45, 7) is 3.28. The van der Waals surface area contributed by atoms with Crippen LogP contribution in [0.3, 0.4) is 0 Å². The Morgan fingerprint density at radius 2 is 2.43 bits per heavy atom. The number of rotatable bonds is 2. The van der Waals surface area contributed by atoms with Crippen molar-refractivity contribution in [1.82, 2.24) is 4.90 Å².